The molecule has 0 atom stereocenters. The third kappa shape index (κ3) is 4.61. The number of morpholine rings is 1. The Bertz CT molecular complexity index is 768. The van der Waals surface area contributed by atoms with Crippen LogP contribution in [0.4, 0.5) is 11.4 Å². The van der Waals surface area contributed by atoms with Crippen LogP contribution in [0.5, 0.6) is 0 Å². The molecule has 3 rings (SSSR count). The highest BCUT2D eigenvalue weighted by Gasteiger charge is 2.12. The minimum absolute atomic E-state index is 0.0710. The standard InChI is InChI=1S/C20H23N3O3/c1-15-4-2-3-5-18(15)20(25)21-14-19(24)22-16-6-8-17(9-7-16)23-10-12-26-13-11-23/h2-9H,10-14H2,1H3,(H,21,25)(H,22,24). The molecular weight excluding hydrogens is 330 g/mol. The fourth-order valence-electron chi connectivity index (χ4n) is 2.87. The summed E-state index contributed by atoms with van der Waals surface area (Å²) in [7, 11) is 0. The first-order valence-electron chi connectivity index (χ1n) is 8.70. The van der Waals surface area contributed by atoms with Crippen molar-refractivity contribution in [2.75, 3.05) is 43.1 Å². The Balaban J connectivity index is 1.50. The molecule has 1 fully saturated rings. The molecule has 0 aliphatic carbocycles. The first-order chi connectivity index (χ1) is 12.6. The van der Waals surface area contributed by atoms with Crippen LogP contribution in [0.3, 0.4) is 0 Å². The number of hydrogen-bond acceptors (Lipinski definition) is 4. The van der Waals surface area contributed by atoms with Crippen LogP contribution < -0.4 is 15.5 Å². The molecule has 136 valence electrons. The van der Waals surface area contributed by atoms with E-state index in [1.165, 1.54) is 0 Å². The third-order valence-corrected chi connectivity index (χ3v) is 4.33. The predicted octanol–water partition coefficient (Wildman–Crippen LogP) is 2.20. The maximum atomic E-state index is 12.1. The second-order valence-corrected chi connectivity index (χ2v) is 6.19. The molecule has 1 aliphatic rings. The van der Waals surface area contributed by atoms with Crippen molar-refractivity contribution >= 4 is 23.2 Å². The fourth-order valence-corrected chi connectivity index (χ4v) is 2.87. The summed E-state index contributed by atoms with van der Waals surface area (Å²) in [6.07, 6.45) is 0. The lowest BCUT2D eigenvalue weighted by atomic mass is 10.1. The van der Waals surface area contributed by atoms with Gasteiger partial charge in [0.2, 0.25) is 5.91 Å². The van der Waals surface area contributed by atoms with E-state index in [4.69, 9.17) is 4.74 Å². The van der Waals surface area contributed by atoms with E-state index >= 15 is 0 Å². The number of benzene rings is 2. The van der Waals surface area contributed by atoms with E-state index in [9.17, 15) is 9.59 Å². The van der Waals surface area contributed by atoms with Gasteiger partial charge < -0.3 is 20.3 Å². The lowest BCUT2D eigenvalue weighted by Crippen LogP contribution is -2.36. The van der Waals surface area contributed by atoms with Gasteiger partial charge in [-0.15, -0.1) is 0 Å². The summed E-state index contributed by atoms with van der Waals surface area (Å²) in [5.74, 6) is -0.507. The van der Waals surface area contributed by atoms with E-state index in [1.54, 1.807) is 12.1 Å². The molecule has 1 aliphatic heterocycles. The van der Waals surface area contributed by atoms with Crippen LogP contribution in [-0.4, -0.2) is 44.7 Å². The van der Waals surface area contributed by atoms with Crippen LogP contribution in [0, 0.1) is 6.92 Å². The molecule has 0 saturated carbocycles. The smallest absolute Gasteiger partial charge is 0.251 e. The maximum absolute atomic E-state index is 12.1. The average Bonchev–Trinajstić information content (AvgIpc) is 2.68. The molecule has 1 heterocycles. The van der Waals surface area contributed by atoms with Crippen LogP contribution in [0.1, 0.15) is 15.9 Å². The number of hydrogen-bond donors (Lipinski definition) is 2. The van der Waals surface area contributed by atoms with Gasteiger partial charge in [-0.05, 0) is 42.8 Å². The maximum Gasteiger partial charge on any atom is 0.251 e. The molecule has 0 spiro atoms. The van der Waals surface area contributed by atoms with Crippen LogP contribution in [0.25, 0.3) is 0 Å². The number of carbonyl (C=O) groups is 2. The molecule has 0 unspecified atom stereocenters. The minimum Gasteiger partial charge on any atom is -0.378 e. The number of carbonyl (C=O) groups excluding carboxylic acids is 2. The summed E-state index contributed by atoms with van der Waals surface area (Å²) in [6.45, 7) is 5.01. The van der Waals surface area contributed by atoms with Crippen molar-refractivity contribution in [3.8, 4) is 0 Å². The lowest BCUT2D eigenvalue weighted by molar-refractivity contribution is -0.115. The molecule has 6 heteroatoms. The minimum atomic E-state index is -0.258. The van der Waals surface area contributed by atoms with Crippen molar-refractivity contribution in [1.82, 2.24) is 5.32 Å². The highest BCUT2D eigenvalue weighted by atomic mass is 16.5. The summed E-state index contributed by atoms with van der Waals surface area (Å²) in [6, 6.07) is 15.0. The van der Waals surface area contributed by atoms with Crippen LogP contribution in [0.2, 0.25) is 0 Å². The van der Waals surface area contributed by atoms with Crippen molar-refractivity contribution in [2.24, 2.45) is 0 Å². The van der Waals surface area contributed by atoms with Gasteiger partial charge >= 0.3 is 0 Å². The first kappa shape index (κ1) is 17.9. The van der Waals surface area contributed by atoms with Crippen molar-refractivity contribution in [1.29, 1.82) is 0 Å². The molecule has 2 aromatic rings. The van der Waals surface area contributed by atoms with Gasteiger partial charge in [0.15, 0.2) is 0 Å². The van der Waals surface area contributed by atoms with Crippen molar-refractivity contribution in [3.05, 3.63) is 59.7 Å². The summed E-state index contributed by atoms with van der Waals surface area (Å²) >= 11 is 0. The second kappa shape index (κ2) is 8.49. The van der Waals surface area contributed by atoms with Crippen molar-refractivity contribution in [3.63, 3.8) is 0 Å². The summed E-state index contributed by atoms with van der Waals surface area (Å²) in [4.78, 5) is 26.4. The quantitative estimate of drug-likeness (QED) is 0.865. The van der Waals surface area contributed by atoms with Gasteiger partial charge in [0, 0.05) is 30.0 Å². The number of aryl methyl sites for hydroxylation is 1. The van der Waals surface area contributed by atoms with Crippen molar-refractivity contribution < 1.29 is 14.3 Å². The second-order valence-electron chi connectivity index (χ2n) is 6.19. The number of rotatable bonds is 5. The molecule has 2 N–H and O–H groups in total. The van der Waals surface area contributed by atoms with Crippen molar-refractivity contribution in [2.45, 2.75) is 6.92 Å². The zero-order valence-electron chi connectivity index (χ0n) is 14.8. The van der Waals surface area contributed by atoms with E-state index in [-0.39, 0.29) is 18.4 Å². The van der Waals surface area contributed by atoms with E-state index in [2.05, 4.69) is 15.5 Å². The molecule has 6 nitrogen and oxygen atoms in total. The Labute approximate surface area is 153 Å². The Morgan fingerprint density at radius 1 is 1.04 bits per heavy atom. The van der Waals surface area contributed by atoms with Gasteiger partial charge in [-0.3, -0.25) is 9.59 Å². The van der Waals surface area contributed by atoms with Gasteiger partial charge in [-0.2, -0.15) is 0 Å². The molecule has 0 radical (unpaired) electrons. The van der Waals surface area contributed by atoms with E-state index in [0.717, 1.165) is 37.6 Å². The number of nitrogens with zero attached hydrogens (tertiary/aromatic N) is 1. The van der Waals surface area contributed by atoms with Gasteiger partial charge in [0.25, 0.3) is 5.91 Å². The molecule has 1 saturated heterocycles. The monoisotopic (exact) mass is 353 g/mol. The largest absolute Gasteiger partial charge is 0.378 e. The SMILES string of the molecule is Cc1ccccc1C(=O)NCC(=O)Nc1ccc(N2CCOCC2)cc1. The highest BCUT2D eigenvalue weighted by Crippen LogP contribution is 2.18. The Morgan fingerprint density at radius 2 is 1.73 bits per heavy atom. The van der Waals surface area contributed by atoms with Gasteiger partial charge in [-0.1, -0.05) is 18.2 Å². The van der Waals surface area contributed by atoms with Gasteiger partial charge in [0.05, 0.1) is 19.8 Å². The predicted molar refractivity (Wildman–Crippen MR) is 102 cm³/mol. The van der Waals surface area contributed by atoms with Gasteiger partial charge in [-0.25, -0.2) is 0 Å². The van der Waals surface area contributed by atoms with E-state index in [1.807, 2.05) is 43.3 Å². The molecule has 0 bridgehead atoms. The molecular formula is C20H23N3O3. The molecule has 2 amide bonds. The molecule has 0 aromatic heterocycles. The van der Waals surface area contributed by atoms with Gasteiger partial charge in [0.1, 0.15) is 0 Å². The zero-order valence-corrected chi connectivity index (χ0v) is 14.8. The lowest BCUT2D eigenvalue weighted by Gasteiger charge is -2.28. The fraction of sp³-hybridized carbons (Fsp3) is 0.300. The normalized spacial score (nSPS) is 14.0. The molecule has 26 heavy (non-hydrogen) atoms. The Hall–Kier alpha value is -2.86. The third-order valence-electron chi connectivity index (χ3n) is 4.33. The van der Waals surface area contributed by atoms with E-state index in [0.29, 0.717) is 11.3 Å². The Kier molecular flexibility index (Phi) is 5.86. The number of nitrogens with one attached hydrogen (secondary N) is 2. The van der Waals surface area contributed by atoms with E-state index < -0.39 is 0 Å². The zero-order chi connectivity index (χ0) is 18.4. The van der Waals surface area contributed by atoms with Crippen LogP contribution in [-0.2, 0) is 9.53 Å². The summed E-state index contributed by atoms with van der Waals surface area (Å²) in [5.41, 5.74) is 3.27. The average molecular weight is 353 g/mol. The summed E-state index contributed by atoms with van der Waals surface area (Å²) in [5, 5.41) is 5.45. The highest BCUT2D eigenvalue weighted by molar-refractivity contribution is 6.00. The van der Waals surface area contributed by atoms with Crippen LogP contribution >= 0.6 is 0 Å². The Morgan fingerprint density at radius 3 is 2.42 bits per heavy atom. The topological polar surface area (TPSA) is 70.7 Å². The molecule has 2 aromatic carbocycles. The number of ether oxygens (including phenoxy) is 1. The number of amides is 2. The number of anilines is 2. The first-order valence-corrected chi connectivity index (χ1v) is 8.70. The van der Waals surface area contributed by atoms with Crippen LogP contribution in [0.15, 0.2) is 48.5 Å². The summed E-state index contributed by atoms with van der Waals surface area (Å²) < 4.78 is 5.35.